The van der Waals surface area contributed by atoms with E-state index in [0.717, 1.165) is 5.92 Å². The van der Waals surface area contributed by atoms with Crippen molar-refractivity contribution in [2.75, 3.05) is 20.6 Å². The average molecular weight is 307 g/mol. The third-order valence-electron chi connectivity index (χ3n) is 5.64. The van der Waals surface area contributed by atoms with Crippen LogP contribution in [0.4, 0.5) is 0 Å². The molecule has 0 saturated carbocycles. The van der Waals surface area contributed by atoms with E-state index < -0.39 is 0 Å². The van der Waals surface area contributed by atoms with Crippen LogP contribution in [0.2, 0.25) is 0 Å². The Bertz CT molecular complexity index is 686. The Morgan fingerprint density at radius 2 is 1.65 bits per heavy atom. The van der Waals surface area contributed by atoms with Crippen molar-refractivity contribution in [1.82, 2.24) is 4.90 Å². The maximum Gasteiger partial charge on any atom is -0.00189 e. The van der Waals surface area contributed by atoms with Gasteiger partial charge in [-0.05, 0) is 74.0 Å². The fourth-order valence-electron chi connectivity index (χ4n) is 4.04. The van der Waals surface area contributed by atoms with Crippen LogP contribution in [-0.2, 0) is 0 Å². The molecule has 0 bridgehead atoms. The summed E-state index contributed by atoms with van der Waals surface area (Å²) in [6, 6.07) is 16.0. The zero-order valence-corrected chi connectivity index (χ0v) is 15.1. The van der Waals surface area contributed by atoms with E-state index in [0.29, 0.717) is 11.8 Å². The first-order valence-electron chi connectivity index (χ1n) is 8.83. The molecule has 1 aliphatic rings. The van der Waals surface area contributed by atoms with E-state index in [-0.39, 0.29) is 0 Å². The van der Waals surface area contributed by atoms with Gasteiger partial charge >= 0.3 is 0 Å². The zero-order chi connectivity index (χ0) is 16.6. The van der Waals surface area contributed by atoms with Crippen LogP contribution in [0, 0.1) is 12.8 Å². The van der Waals surface area contributed by atoms with E-state index in [2.05, 4.69) is 82.2 Å². The number of benzene rings is 2. The van der Waals surface area contributed by atoms with Crippen molar-refractivity contribution in [3.05, 3.63) is 59.2 Å². The van der Waals surface area contributed by atoms with Gasteiger partial charge in [-0.3, -0.25) is 0 Å². The molecule has 2 aromatic carbocycles. The molecule has 0 radical (unpaired) electrons. The summed E-state index contributed by atoms with van der Waals surface area (Å²) in [5.41, 5.74) is 7.18. The normalized spacial score (nSPS) is 23.3. The third kappa shape index (κ3) is 3.21. The maximum atomic E-state index is 2.45. The van der Waals surface area contributed by atoms with E-state index in [1.54, 1.807) is 11.1 Å². The van der Waals surface area contributed by atoms with Crippen molar-refractivity contribution in [3.8, 4) is 11.1 Å². The van der Waals surface area contributed by atoms with Crippen LogP contribution in [0.3, 0.4) is 0 Å². The van der Waals surface area contributed by atoms with E-state index in [1.165, 1.54) is 29.7 Å². The van der Waals surface area contributed by atoms with Crippen LogP contribution < -0.4 is 0 Å². The number of aryl methyl sites for hydroxylation is 1. The van der Waals surface area contributed by atoms with Gasteiger partial charge in [-0.25, -0.2) is 0 Å². The Hall–Kier alpha value is -1.60. The molecule has 3 rings (SSSR count). The second kappa shape index (κ2) is 6.49. The van der Waals surface area contributed by atoms with E-state index in [9.17, 15) is 0 Å². The quantitative estimate of drug-likeness (QED) is 0.726. The molecule has 0 fully saturated rings. The Morgan fingerprint density at radius 1 is 0.913 bits per heavy atom. The number of rotatable bonds is 4. The van der Waals surface area contributed by atoms with Crippen LogP contribution >= 0.6 is 0 Å². The minimum absolute atomic E-state index is 0.655. The standard InChI is InChI=1S/C22H29N/c1-15-7-6-8-18(13-15)19-9-10-21-20(11-12-23(4)5)16(2)17(3)22(21)14-19/h6-10,13-14,16-17,20H,11-12H2,1-5H3/t16-,17?,20?/m1/s1. The van der Waals surface area contributed by atoms with E-state index in [1.807, 2.05) is 0 Å². The molecule has 0 aliphatic heterocycles. The number of hydrogen-bond acceptors (Lipinski definition) is 1. The SMILES string of the molecule is Cc1cccc(-c2ccc3c(c2)C(C)[C@@H](C)C3CCN(C)C)c1. The summed E-state index contributed by atoms with van der Waals surface area (Å²) in [5.74, 6) is 2.09. The molecule has 0 amide bonds. The van der Waals surface area contributed by atoms with Gasteiger partial charge in [0.2, 0.25) is 0 Å². The monoisotopic (exact) mass is 307 g/mol. The molecule has 3 atom stereocenters. The van der Waals surface area contributed by atoms with Crippen LogP contribution in [0.15, 0.2) is 42.5 Å². The topological polar surface area (TPSA) is 3.24 Å². The molecule has 23 heavy (non-hydrogen) atoms. The lowest BCUT2D eigenvalue weighted by atomic mass is 9.87. The van der Waals surface area contributed by atoms with E-state index in [4.69, 9.17) is 0 Å². The number of fused-ring (bicyclic) bond motifs is 1. The molecular weight excluding hydrogens is 278 g/mol. The summed E-state index contributed by atoms with van der Waals surface area (Å²) >= 11 is 0. The van der Waals surface area contributed by atoms with Gasteiger partial charge in [0.05, 0.1) is 0 Å². The highest BCUT2D eigenvalue weighted by Crippen LogP contribution is 2.48. The second-order valence-electron chi connectivity index (χ2n) is 7.56. The lowest BCUT2D eigenvalue weighted by Gasteiger charge is -2.21. The molecule has 0 N–H and O–H groups in total. The van der Waals surface area contributed by atoms with Gasteiger partial charge in [0.25, 0.3) is 0 Å². The summed E-state index contributed by atoms with van der Waals surface area (Å²) < 4.78 is 0. The molecule has 0 saturated heterocycles. The number of nitrogens with zero attached hydrogens (tertiary/aromatic N) is 1. The summed E-state index contributed by atoms with van der Waals surface area (Å²) in [6.07, 6.45) is 1.26. The predicted octanol–water partition coefficient (Wildman–Crippen LogP) is 5.45. The van der Waals surface area contributed by atoms with Crippen molar-refractivity contribution < 1.29 is 0 Å². The Morgan fingerprint density at radius 3 is 2.35 bits per heavy atom. The Balaban J connectivity index is 1.94. The van der Waals surface area contributed by atoms with Gasteiger partial charge in [0.1, 0.15) is 0 Å². The van der Waals surface area contributed by atoms with Crippen molar-refractivity contribution >= 4 is 0 Å². The number of hydrogen-bond donors (Lipinski definition) is 0. The lowest BCUT2D eigenvalue weighted by molar-refractivity contribution is 0.342. The van der Waals surface area contributed by atoms with Crippen molar-refractivity contribution in [2.45, 2.75) is 39.0 Å². The highest BCUT2D eigenvalue weighted by Gasteiger charge is 2.34. The Labute approximate surface area is 141 Å². The molecule has 1 nitrogen and oxygen atoms in total. The largest absolute Gasteiger partial charge is 0.309 e. The predicted molar refractivity (Wildman–Crippen MR) is 100 cm³/mol. The molecule has 0 aromatic heterocycles. The highest BCUT2D eigenvalue weighted by molar-refractivity contribution is 5.66. The molecule has 122 valence electrons. The van der Waals surface area contributed by atoms with Crippen molar-refractivity contribution in [3.63, 3.8) is 0 Å². The average Bonchev–Trinajstić information content (AvgIpc) is 2.76. The molecule has 0 spiro atoms. The minimum Gasteiger partial charge on any atom is -0.309 e. The van der Waals surface area contributed by atoms with Gasteiger partial charge in [-0.2, -0.15) is 0 Å². The molecule has 0 heterocycles. The van der Waals surface area contributed by atoms with Crippen LogP contribution in [0.5, 0.6) is 0 Å². The van der Waals surface area contributed by atoms with E-state index >= 15 is 0 Å². The van der Waals surface area contributed by atoms with Gasteiger partial charge in [-0.15, -0.1) is 0 Å². The maximum absolute atomic E-state index is 2.45. The molecule has 2 unspecified atom stereocenters. The summed E-state index contributed by atoms with van der Waals surface area (Å²) in [5, 5.41) is 0. The first-order valence-corrected chi connectivity index (χ1v) is 8.83. The fourth-order valence-corrected chi connectivity index (χ4v) is 4.04. The smallest absolute Gasteiger partial charge is 0.00189 e. The fraction of sp³-hybridized carbons (Fsp3) is 0.455. The van der Waals surface area contributed by atoms with Crippen LogP contribution in [0.25, 0.3) is 11.1 Å². The molecule has 1 heteroatoms. The van der Waals surface area contributed by atoms with Gasteiger partial charge in [-0.1, -0.05) is 61.9 Å². The van der Waals surface area contributed by atoms with Gasteiger partial charge < -0.3 is 4.90 Å². The Kier molecular flexibility index (Phi) is 4.59. The summed E-state index contributed by atoms with van der Waals surface area (Å²) in [6.45, 7) is 8.16. The lowest BCUT2D eigenvalue weighted by Crippen LogP contribution is -2.17. The first kappa shape index (κ1) is 16.3. The first-order chi connectivity index (χ1) is 11.0. The van der Waals surface area contributed by atoms with Crippen molar-refractivity contribution in [1.29, 1.82) is 0 Å². The van der Waals surface area contributed by atoms with Crippen LogP contribution in [-0.4, -0.2) is 25.5 Å². The van der Waals surface area contributed by atoms with Crippen molar-refractivity contribution in [2.24, 2.45) is 5.92 Å². The zero-order valence-electron chi connectivity index (χ0n) is 15.1. The van der Waals surface area contributed by atoms with Crippen LogP contribution in [0.1, 0.15) is 48.8 Å². The third-order valence-corrected chi connectivity index (χ3v) is 5.64. The minimum atomic E-state index is 0.655. The highest BCUT2D eigenvalue weighted by atomic mass is 15.0. The summed E-state index contributed by atoms with van der Waals surface area (Å²) in [7, 11) is 4.34. The van der Waals surface area contributed by atoms with Gasteiger partial charge in [0, 0.05) is 0 Å². The van der Waals surface area contributed by atoms with Gasteiger partial charge in [0.15, 0.2) is 0 Å². The molecular formula is C22H29N. The second-order valence-corrected chi connectivity index (χ2v) is 7.56. The molecule has 1 aliphatic carbocycles. The summed E-state index contributed by atoms with van der Waals surface area (Å²) in [4.78, 5) is 2.30. The molecule has 2 aromatic rings.